The second-order valence-corrected chi connectivity index (χ2v) is 7.77. The molecule has 3 rings (SSSR count). The van der Waals surface area contributed by atoms with Crippen LogP contribution in [0.4, 0.5) is 4.79 Å². The number of likely N-dealkylation sites (N-methyl/N-ethyl adjacent to an activating group) is 1. The molecule has 25 heavy (non-hydrogen) atoms. The Labute approximate surface area is 151 Å². The van der Waals surface area contributed by atoms with Crippen LogP contribution in [0.2, 0.25) is 0 Å². The van der Waals surface area contributed by atoms with E-state index in [0.717, 1.165) is 45.3 Å². The lowest BCUT2D eigenvalue weighted by Crippen LogP contribution is -2.49. The van der Waals surface area contributed by atoms with E-state index in [2.05, 4.69) is 41.4 Å². The summed E-state index contributed by atoms with van der Waals surface area (Å²) in [5, 5.41) is 13.1. The van der Waals surface area contributed by atoms with Crippen LogP contribution in [-0.2, 0) is 6.54 Å². The molecule has 1 aliphatic carbocycles. The highest BCUT2D eigenvalue weighted by atomic mass is 16.3. The van der Waals surface area contributed by atoms with Gasteiger partial charge in [0.05, 0.1) is 6.10 Å². The lowest BCUT2D eigenvalue weighted by atomic mass is 10.0. The van der Waals surface area contributed by atoms with Crippen LogP contribution in [0.3, 0.4) is 0 Å². The molecule has 138 valence electrons. The molecule has 0 aromatic heterocycles. The van der Waals surface area contributed by atoms with Crippen molar-refractivity contribution in [1.82, 2.24) is 15.1 Å². The van der Waals surface area contributed by atoms with Crippen molar-refractivity contribution in [2.75, 3.05) is 26.7 Å². The molecule has 1 atom stereocenters. The Morgan fingerprint density at radius 3 is 2.68 bits per heavy atom. The fourth-order valence-electron chi connectivity index (χ4n) is 3.58. The predicted molar refractivity (Wildman–Crippen MR) is 99.4 cm³/mol. The van der Waals surface area contributed by atoms with E-state index in [1.54, 1.807) is 11.9 Å². The molecular weight excluding hydrogens is 314 g/mol. The number of piperidine rings is 1. The second kappa shape index (κ2) is 8.19. The lowest BCUT2D eigenvalue weighted by molar-refractivity contribution is 0.110. The van der Waals surface area contributed by atoms with Gasteiger partial charge in [-0.25, -0.2) is 4.79 Å². The van der Waals surface area contributed by atoms with Gasteiger partial charge in [-0.15, -0.1) is 0 Å². The van der Waals surface area contributed by atoms with Crippen molar-refractivity contribution in [2.45, 2.75) is 51.3 Å². The normalized spacial score (nSPS) is 20.3. The second-order valence-electron chi connectivity index (χ2n) is 7.77. The van der Waals surface area contributed by atoms with Gasteiger partial charge < -0.3 is 15.3 Å². The van der Waals surface area contributed by atoms with Gasteiger partial charge in [-0.2, -0.15) is 0 Å². The van der Waals surface area contributed by atoms with Crippen molar-refractivity contribution in [3.63, 3.8) is 0 Å². The van der Waals surface area contributed by atoms with Gasteiger partial charge in [-0.05, 0) is 44.1 Å². The standard InChI is InChI=1S/C20H31N3O2/c1-15-4-3-5-16(12-15)13-23-10-8-18(9-11-23)21-20(25)22(2)14-19(24)17-6-7-17/h3-5,12,17-19,24H,6-11,13-14H2,1-2H3,(H,21,25). The summed E-state index contributed by atoms with van der Waals surface area (Å²) < 4.78 is 0. The molecule has 1 unspecified atom stereocenters. The molecule has 0 bridgehead atoms. The molecule has 1 heterocycles. The first-order chi connectivity index (χ1) is 12.0. The first kappa shape index (κ1) is 18.2. The quantitative estimate of drug-likeness (QED) is 0.832. The molecule has 1 aliphatic heterocycles. The van der Waals surface area contributed by atoms with Crippen molar-refractivity contribution in [2.24, 2.45) is 5.92 Å². The Morgan fingerprint density at radius 1 is 1.32 bits per heavy atom. The van der Waals surface area contributed by atoms with Crippen LogP contribution >= 0.6 is 0 Å². The van der Waals surface area contributed by atoms with Gasteiger partial charge in [0.25, 0.3) is 0 Å². The molecule has 5 heteroatoms. The number of carbonyl (C=O) groups is 1. The number of carbonyl (C=O) groups excluding carboxylic acids is 1. The molecule has 5 nitrogen and oxygen atoms in total. The van der Waals surface area contributed by atoms with Crippen molar-refractivity contribution in [3.05, 3.63) is 35.4 Å². The number of nitrogens with zero attached hydrogens (tertiary/aromatic N) is 2. The van der Waals surface area contributed by atoms with E-state index in [-0.39, 0.29) is 18.2 Å². The summed E-state index contributed by atoms with van der Waals surface area (Å²) in [6, 6.07) is 8.85. The van der Waals surface area contributed by atoms with Gasteiger partial charge in [-0.3, -0.25) is 4.90 Å². The molecule has 2 fully saturated rings. The number of amides is 2. The minimum atomic E-state index is -0.369. The van der Waals surface area contributed by atoms with Crippen LogP contribution in [0.15, 0.2) is 24.3 Å². The summed E-state index contributed by atoms with van der Waals surface area (Å²) in [5.74, 6) is 0.403. The molecule has 2 N–H and O–H groups in total. The number of aryl methyl sites for hydroxylation is 1. The average molecular weight is 345 g/mol. The van der Waals surface area contributed by atoms with Crippen molar-refractivity contribution in [1.29, 1.82) is 0 Å². The predicted octanol–water partition coefficient (Wildman–Crippen LogP) is 2.37. The van der Waals surface area contributed by atoms with Gasteiger partial charge >= 0.3 is 6.03 Å². The lowest BCUT2D eigenvalue weighted by Gasteiger charge is -2.33. The van der Waals surface area contributed by atoms with Gasteiger partial charge in [0, 0.05) is 39.3 Å². The van der Waals surface area contributed by atoms with Crippen LogP contribution in [0.1, 0.15) is 36.8 Å². The maximum atomic E-state index is 12.3. The minimum absolute atomic E-state index is 0.0585. The molecule has 1 aromatic rings. The molecule has 2 amide bonds. The number of likely N-dealkylation sites (tertiary alicyclic amines) is 1. The molecule has 0 radical (unpaired) electrons. The van der Waals surface area contributed by atoms with Gasteiger partial charge in [-0.1, -0.05) is 29.8 Å². The van der Waals surface area contributed by atoms with E-state index in [0.29, 0.717) is 12.5 Å². The third kappa shape index (κ3) is 5.44. The third-order valence-electron chi connectivity index (χ3n) is 5.38. The maximum Gasteiger partial charge on any atom is 0.317 e. The number of nitrogens with one attached hydrogen (secondary N) is 1. The summed E-state index contributed by atoms with van der Waals surface area (Å²) in [5.41, 5.74) is 2.66. The number of aliphatic hydroxyl groups is 1. The number of rotatable bonds is 6. The smallest absolute Gasteiger partial charge is 0.317 e. The van der Waals surface area contributed by atoms with Crippen LogP contribution in [0, 0.1) is 12.8 Å². The number of urea groups is 1. The molecule has 2 aliphatic rings. The van der Waals surface area contributed by atoms with E-state index in [9.17, 15) is 9.90 Å². The van der Waals surface area contributed by atoms with Crippen LogP contribution in [-0.4, -0.2) is 59.8 Å². The first-order valence-corrected chi connectivity index (χ1v) is 9.49. The highest BCUT2D eigenvalue weighted by Crippen LogP contribution is 2.32. The first-order valence-electron chi connectivity index (χ1n) is 9.49. The summed E-state index contributed by atoms with van der Waals surface area (Å²) in [7, 11) is 1.77. The highest BCUT2D eigenvalue weighted by Gasteiger charge is 2.31. The van der Waals surface area contributed by atoms with Crippen LogP contribution in [0.5, 0.6) is 0 Å². The van der Waals surface area contributed by atoms with Crippen LogP contribution < -0.4 is 5.32 Å². The van der Waals surface area contributed by atoms with E-state index in [4.69, 9.17) is 0 Å². The zero-order valence-electron chi connectivity index (χ0n) is 15.4. The largest absolute Gasteiger partial charge is 0.391 e. The van der Waals surface area contributed by atoms with Gasteiger partial charge in [0.2, 0.25) is 0 Å². The van der Waals surface area contributed by atoms with E-state index >= 15 is 0 Å². The maximum absolute atomic E-state index is 12.3. The summed E-state index contributed by atoms with van der Waals surface area (Å²) in [6.45, 7) is 5.56. The highest BCUT2D eigenvalue weighted by molar-refractivity contribution is 5.74. The van der Waals surface area contributed by atoms with Gasteiger partial charge in [0.15, 0.2) is 0 Å². The Hall–Kier alpha value is -1.59. The third-order valence-corrected chi connectivity index (χ3v) is 5.38. The fourth-order valence-corrected chi connectivity index (χ4v) is 3.58. The topological polar surface area (TPSA) is 55.8 Å². The molecule has 1 saturated heterocycles. The average Bonchev–Trinajstić information content (AvgIpc) is 3.41. The number of hydrogen-bond donors (Lipinski definition) is 2. The molecule has 0 spiro atoms. The van der Waals surface area contributed by atoms with Crippen molar-refractivity contribution >= 4 is 6.03 Å². The van der Waals surface area contributed by atoms with E-state index < -0.39 is 0 Å². The van der Waals surface area contributed by atoms with Crippen molar-refractivity contribution in [3.8, 4) is 0 Å². The van der Waals surface area contributed by atoms with Crippen LogP contribution in [0.25, 0.3) is 0 Å². The summed E-state index contributed by atoms with van der Waals surface area (Å²) >= 11 is 0. The zero-order chi connectivity index (χ0) is 17.8. The molecular formula is C20H31N3O2. The fraction of sp³-hybridized carbons (Fsp3) is 0.650. The number of hydrogen-bond acceptors (Lipinski definition) is 3. The van der Waals surface area contributed by atoms with E-state index in [1.807, 2.05) is 0 Å². The zero-order valence-corrected chi connectivity index (χ0v) is 15.4. The monoisotopic (exact) mass is 345 g/mol. The minimum Gasteiger partial charge on any atom is -0.391 e. The Kier molecular flexibility index (Phi) is 5.97. The molecule has 1 aromatic carbocycles. The Morgan fingerprint density at radius 2 is 2.04 bits per heavy atom. The van der Waals surface area contributed by atoms with Gasteiger partial charge in [0.1, 0.15) is 0 Å². The Balaban J connectivity index is 1.39. The SMILES string of the molecule is Cc1cccc(CN2CCC(NC(=O)N(C)CC(O)C3CC3)CC2)c1. The van der Waals surface area contributed by atoms with E-state index in [1.165, 1.54) is 11.1 Å². The molecule has 1 saturated carbocycles. The number of benzene rings is 1. The summed E-state index contributed by atoms with van der Waals surface area (Å²) in [4.78, 5) is 16.4. The Bertz CT molecular complexity index is 580. The van der Waals surface area contributed by atoms with Crippen molar-refractivity contribution < 1.29 is 9.90 Å². The number of aliphatic hydroxyl groups excluding tert-OH is 1. The summed E-state index contributed by atoms with van der Waals surface area (Å²) in [6.07, 6.45) is 3.78.